The van der Waals surface area contributed by atoms with Crippen molar-refractivity contribution < 1.29 is 9.53 Å². The minimum Gasteiger partial charge on any atom is -0.497 e. The van der Waals surface area contributed by atoms with Crippen LogP contribution in [0.1, 0.15) is 35.2 Å². The summed E-state index contributed by atoms with van der Waals surface area (Å²) in [7, 11) is 1.66. The number of nitrogens with two attached hydrogens (primary N) is 1. The Hall–Kier alpha value is -1.39. The number of hydrogen-bond acceptors (Lipinski definition) is 4. The first-order chi connectivity index (χ1) is 10.2. The Morgan fingerprint density at radius 3 is 2.76 bits per heavy atom. The van der Waals surface area contributed by atoms with Crippen LogP contribution in [0.25, 0.3) is 0 Å². The van der Waals surface area contributed by atoms with Gasteiger partial charge in [0.2, 0.25) is 0 Å². The van der Waals surface area contributed by atoms with Crippen LogP contribution < -0.4 is 10.5 Å². The summed E-state index contributed by atoms with van der Waals surface area (Å²) >= 11 is 0. The van der Waals surface area contributed by atoms with Crippen LogP contribution >= 0.6 is 0 Å². The molecule has 1 aromatic rings. The second kappa shape index (κ2) is 6.16. The van der Waals surface area contributed by atoms with Crippen LogP contribution in [0.5, 0.6) is 5.75 Å². The lowest BCUT2D eigenvalue weighted by Gasteiger charge is -2.34. The highest BCUT2D eigenvalue weighted by molar-refractivity contribution is 6.00. The zero-order chi connectivity index (χ0) is 14.8. The molecule has 0 saturated carbocycles. The Morgan fingerprint density at radius 1 is 1.29 bits per heavy atom. The number of Topliss-reactive ketones (excluding diaryl/α,β-unsaturated/α-hetero) is 1. The molecule has 1 heterocycles. The van der Waals surface area contributed by atoms with E-state index in [0.717, 1.165) is 62.2 Å². The fourth-order valence-corrected chi connectivity index (χ4v) is 3.45. The lowest BCUT2D eigenvalue weighted by molar-refractivity contribution is 0.0841. The van der Waals surface area contributed by atoms with Crippen molar-refractivity contribution in [3.63, 3.8) is 0 Å². The molecule has 114 valence electrons. The average molecular weight is 288 g/mol. The van der Waals surface area contributed by atoms with Gasteiger partial charge in [-0.2, -0.15) is 0 Å². The van der Waals surface area contributed by atoms with Crippen LogP contribution in [0.2, 0.25) is 0 Å². The third-order valence-corrected chi connectivity index (χ3v) is 4.82. The molecule has 1 aromatic carbocycles. The molecule has 0 radical (unpaired) electrons. The van der Waals surface area contributed by atoms with E-state index in [4.69, 9.17) is 10.5 Å². The van der Waals surface area contributed by atoms with Gasteiger partial charge >= 0.3 is 0 Å². The number of piperidine rings is 1. The number of likely N-dealkylation sites (tertiary alicyclic amines) is 1. The normalized spacial score (nSPS) is 23.9. The largest absolute Gasteiger partial charge is 0.497 e. The van der Waals surface area contributed by atoms with Gasteiger partial charge in [-0.3, -0.25) is 4.79 Å². The van der Waals surface area contributed by atoms with Gasteiger partial charge in [0, 0.05) is 24.1 Å². The van der Waals surface area contributed by atoms with Crippen LogP contribution in [0.3, 0.4) is 0 Å². The van der Waals surface area contributed by atoms with Gasteiger partial charge < -0.3 is 15.4 Å². The van der Waals surface area contributed by atoms with Crippen molar-refractivity contribution in [3.05, 3.63) is 29.3 Å². The molecule has 0 bridgehead atoms. The Balaban J connectivity index is 1.68. The number of benzene rings is 1. The van der Waals surface area contributed by atoms with Gasteiger partial charge in [-0.25, -0.2) is 0 Å². The predicted molar refractivity (Wildman–Crippen MR) is 82.8 cm³/mol. The third-order valence-electron chi connectivity index (χ3n) is 4.82. The maximum atomic E-state index is 12.7. The molecule has 0 aromatic heterocycles. The monoisotopic (exact) mass is 288 g/mol. The van der Waals surface area contributed by atoms with Crippen LogP contribution in [-0.4, -0.2) is 43.5 Å². The summed E-state index contributed by atoms with van der Waals surface area (Å²) in [5.41, 5.74) is 7.97. The maximum Gasteiger partial charge on any atom is 0.167 e. The predicted octanol–water partition coefficient (Wildman–Crippen LogP) is 1.86. The number of nitrogens with zero attached hydrogens (tertiary/aromatic N) is 1. The SMILES string of the molecule is COc1ccc2c(c1)CCC(CN1CCC(N)CC1)C2=O. The zero-order valence-corrected chi connectivity index (χ0v) is 12.7. The van der Waals surface area contributed by atoms with Crippen molar-refractivity contribution in [2.75, 3.05) is 26.7 Å². The smallest absolute Gasteiger partial charge is 0.167 e. The van der Waals surface area contributed by atoms with E-state index in [0.29, 0.717) is 11.8 Å². The summed E-state index contributed by atoms with van der Waals surface area (Å²) in [6.45, 7) is 2.94. The standard InChI is InChI=1S/C17H24N2O2/c1-21-15-4-5-16-12(10-15)2-3-13(17(16)20)11-19-8-6-14(18)7-9-19/h4-5,10,13-14H,2-3,6-9,11,18H2,1H3. The van der Waals surface area contributed by atoms with E-state index in [1.165, 1.54) is 0 Å². The molecule has 1 saturated heterocycles. The van der Waals surface area contributed by atoms with Gasteiger partial charge in [0.1, 0.15) is 5.75 Å². The van der Waals surface area contributed by atoms with Crippen LogP contribution in [0.15, 0.2) is 18.2 Å². The topological polar surface area (TPSA) is 55.6 Å². The van der Waals surface area contributed by atoms with E-state index in [1.807, 2.05) is 18.2 Å². The summed E-state index contributed by atoms with van der Waals surface area (Å²) in [6, 6.07) is 6.16. The summed E-state index contributed by atoms with van der Waals surface area (Å²) in [5.74, 6) is 1.28. The molecule has 2 aliphatic rings. The van der Waals surface area contributed by atoms with E-state index < -0.39 is 0 Å². The van der Waals surface area contributed by atoms with Gasteiger partial charge in [0.05, 0.1) is 7.11 Å². The first-order valence-electron chi connectivity index (χ1n) is 7.86. The number of rotatable bonds is 3. The zero-order valence-electron chi connectivity index (χ0n) is 12.7. The number of aryl methyl sites for hydroxylation is 1. The number of carbonyl (C=O) groups is 1. The number of methoxy groups -OCH3 is 1. The van der Waals surface area contributed by atoms with E-state index in [1.54, 1.807) is 7.11 Å². The van der Waals surface area contributed by atoms with Crippen LogP contribution in [0.4, 0.5) is 0 Å². The first-order valence-corrected chi connectivity index (χ1v) is 7.86. The number of carbonyl (C=O) groups excluding carboxylic acids is 1. The third kappa shape index (κ3) is 3.11. The van der Waals surface area contributed by atoms with E-state index in [9.17, 15) is 4.79 Å². The number of fused-ring (bicyclic) bond motifs is 1. The molecule has 1 unspecified atom stereocenters. The summed E-state index contributed by atoms with van der Waals surface area (Å²) in [6.07, 6.45) is 4.02. The average Bonchev–Trinajstić information content (AvgIpc) is 2.52. The Kier molecular flexibility index (Phi) is 4.27. The van der Waals surface area contributed by atoms with Gasteiger partial charge in [0.15, 0.2) is 5.78 Å². The molecule has 1 fully saturated rings. The number of ketones is 1. The summed E-state index contributed by atoms with van der Waals surface area (Å²) in [5, 5.41) is 0. The van der Waals surface area contributed by atoms with E-state index in [-0.39, 0.29) is 5.92 Å². The quantitative estimate of drug-likeness (QED) is 0.922. The molecule has 0 spiro atoms. The Bertz CT molecular complexity index is 522. The van der Waals surface area contributed by atoms with Crippen molar-refractivity contribution in [2.24, 2.45) is 11.7 Å². The number of ether oxygens (including phenoxy) is 1. The van der Waals surface area contributed by atoms with Gasteiger partial charge in [0.25, 0.3) is 0 Å². The van der Waals surface area contributed by atoms with E-state index in [2.05, 4.69) is 4.90 Å². The summed E-state index contributed by atoms with van der Waals surface area (Å²) in [4.78, 5) is 15.1. The molecule has 1 aliphatic heterocycles. The molecule has 1 atom stereocenters. The lowest BCUT2D eigenvalue weighted by Crippen LogP contribution is -2.43. The Morgan fingerprint density at radius 2 is 2.05 bits per heavy atom. The highest BCUT2D eigenvalue weighted by Crippen LogP contribution is 2.29. The molecular weight excluding hydrogens is 264 g/mol. The summed E-state index contributed by atoms with van der Waals surface area (Å²) < 4.78 is 5.24. The van der Waals surface area contributed by atoms with Crippen molar-refractivity contribution in [1.29, 1.82) is 0 Å². The maximum absolute atomic E-state index is 12.7. The molecule has 4 nitrogen and oxygen atoms in total. The second-order valence-corrected chi connectivity index (χ2v) is 6.26. The molecule has 2 N–H and O–H groups in total. The first kappa shape index (κ1) is 14.5. The highest BCUT2D eigenvalue weighted by Gasteiger charge is 2.30. The van der Waals surface area contributed by atoms with Crippen LogP contribution in [-0.2, 0) is 6.42 Å². The highest BCUT2D eigenvalue weighted by atomic mass is 16.5. The molecular formula is C17H24N2O2. The molecule has 1 aliphatic carbocycles. The van der Waals surface area contributed by atoms with Crippen LogP contribution in [0, 0.1) is 5.92 Å². The van der Waals surface area contributed by atoms with Gasteiger partial charge in [-0.05, 0) is 62.5 Å². The van der Waals surface area contributed by atoms with Crippen molar-refractivity contribution in [1.82, 2.24) is 4.90 Å². The van der Waals surface area contributed by atoms with Crippen molar-refractivity contribution in [2.45, 2.75) is 31.7 Å². The lowest BCUT2D eigenvalue weighted by atomic mass is 9.82. The molecule has 21 heavy (non-hydrogen) atoms. The fraction of sp³-hybridized carbons (Fsp3) is 0.588. The molecule has 0 amide bonds. The van der Waals surface area contributed by atoms with Gasteiger partial charge in [-0.15, -0.1) is 0 Å². The number of hydrogen-bond donors (Lipinski definition) is 1. The van der Waals surface area contributed by atoms with Gasteiger partial charge in [-0.1, -0.05) is 0 Å². The van der Waals surface area contributed by atoms with E-state index >= 15 is 0 Å². The second-order valence-electron chi connectivity index (χ2n) is 6.26. The van der Waals surface area contributed by atoms with Crippen molar-refractivity contribution in [3.8, 4) is 5.75 Å². The molecule has 4 heteroatoms. The fourth-order valence-electron chi connectivity index (χ4n) is 3.45. The minimum absolute atomic E-state index is 0.139. The minimum atomic E-state index is 0.139. The molecule has 3 rings (SSSR count). The van der Waals surface area contributed by atoms with Crippen molar-refractivity contribution >= 4 is 5.78 Å². The Labute approximate surface area is 126 Å².